The van der Waals surface area contributed by atoms with E-state index in [4.69, 9.17) is 4.74 Å². The van der Waals surface area contributed by atoms with E-state index in [-0.39, 0.29) is 6.61 Å². The third kappa shape index (κ3) is 2.58. The first-order valence-corrected chi connectivity index (χ1v) is 6.26. The molecule has 0 aliphatic heterocycles. The Morgan fingerprint density at radius 1 is 1.23 bits per heavy atom. The zero-order valence-electron chi connectivity index (χ0n) is 11.5. The van der Waals surface area contributed by atoms with Crippen LogP contribution in [0.2, 0.25) is 0 Å². The maximum Gasteiger partial charge on any atom is 0.252 e. The monoisotopic (exact) mass is 307 g/mol. The van der Waals surface area contributed by atoms with Crippen molar-refractivity contribution in [3.8, 4) is 17.1 Å². The topological polar surface area (TPSA) is 74.4 Å². The number of fused-ring (bicyclic) bond motifs is 1. The van der Waals surface area contributed by atoms with Gasteiger partial charge in [0.15, 0.2) is 17.3 Å². The normalized spacial score (nSPS) is 11.0. The summed E-state index contributed by atoms with van der Waals surface area (Å²) in [6.07, 6.45) is 4.50. The molecule has 3 aromatic heterocycles. The van der Waals surface area contributed by atoms with Crippen LogP contribution in [0.4, 0.5) is 8.78 Å². The third-order valence-electron chi connectivity index (χ3n) is 2.93. The molecule has 0 saturated heterocycles. The molecule has 3 aromatic rings. The quantitative estimate of drug-likeness (QED) is 0.715. The molecule has 0 aliphatic carbocycles. The van der Waals surface area contributed by atoms with Crippen LogP contribution in [0, 0.1) is 5.82 Å². The molecule has 114 valence electrons. The lowest BCUT2D eigenvalue weighted by atomic mass is 10.2. The second-order valence-electron chi connectivity index (χ2n) is 4.31. The van der Waals surface area contributed by atoms with Crippen LogP contribution in [0.3, 0.4) is 0 Å². The van der Waals surface area contributed by atoms with Crippen molar-refractivity contribution in [2.45, 2.75) is 6.61 Å². The molecule has 0 aromatic carbocycles. The van der Waals surface area contributed by atoms with Crippen LogP contribution in [0.5, 0.6) is 5.88 Å². The molecule has 22 heavy (non-hydrogen) atoms. The van der Waals surface area contributed by atoms with E-state index in [0.717, 1.165) is 0 Å². The molecule has 0 spiro atoms. The Kier molecular flexibility index (Phi) is 3.88. The summed E-state index contributed by atoms with van der Waals surface area (Å²) in [7, 11) is 1.55. The lowest BCUT2D eigenvalue weighted by Crippen LogP contribution is -2.00. The number of hydrogen-bond donors (Lipinski definition) is 0. The SMILES string of the molecule is COCc1nnc2cnc(-c3cnc(OCF)c(F)c3)cn12. The van der Waals surface area contributed by atoms with Crippen molar-refractivity contribution < 1.29 is 18.3 Å². The van der Waals surface area contributed by atoms with Crippen LogP contribution in [0.15, 0.2) is 24.7 Å². The second kappa shape index (κ2) is 5.98. The molecule has 0 fully saturated rings. The molecular weight excluding hydrogens is 296 g/mol. The summed E-state index contributed by atoms with van der Waals surface area (Å²) in [6.45, 7) is -0.866. The van der Waals surface area contributed by atoms with Gasteiger partial charge in [0.1, 0.15) is 6.61 Å². The van der Waals surface area contributed by atoms with E-state index in [1.165, 1.54) is 18.5 Å². The number of alkyl halides is 1. The van der Waals surface area contributed by atoms with Gasteiger partial charge in [-0.1, -0.05) is 0 Å². The minimum absolute atomic E-state index is 0.278. The van der Waals surface area contributed by atoms with Gasteiger partial charge in [0.05, 0.1) is 11.9 Å². The zero-order valence-corrected chi connectivity index (χ0v) is 11.5. The maximum atomic E-state index is 13.7. The fourth-order valence-electron chi connectivity index (χ4n) is 1.95. The lowest BCUT2D eigenvalue weighted by molar-refractivity contribution is 0.177. The van der Waals surface area contributed by atoms with Crippen molar-refractivity contribution in [2.75, 3.05) is 14.0 Å². The Morgan fingerprint density at radius 3 is 2.82 bits per heavy atom. The van der Waals surface area contributed by atoms with E-state index >= 15 is 0 Å². The van der Waals surface area contributed by atoms with Gasteiger partial charge < -0.3 is 9.47 Å². The van der Waals surface area contributed by atoms with Gasteiger partial charge in [-0.2, -0.15) is 0 Å². The molecule has 3 rings (SSSR count). The van der Waals surface area contributed by atoms with E-state index < -0.39 is 18.6 Å². The van der Waals surface area contributed by atoms with Gasteiger partial charge in [0, 0.05) is 25.1 Å². The third-order valence-corrected chi connectivity index (χ3v) is 2.93. The Labute approximate surface area is 123 Å². The molecule has 0 N–H and O–H groups in total. The second-order valence-corrected chi connectivity index (χ2v) is 4.31. The van der Waals surface area contributed by atoms with Crippen LogP contribution < -0.4 is 4.74 Å². The number of rotatable bonds is 5. The first-order valence-electron chi connectivity index (χ1n) is 6.26. The predicted molar refractivity (Wildman–Crippen MR) is 71.3 cm³/mol. The molecule has 0 amide bonds. The van der Waals surface area contributed by atoms with E-state index in [9.17, 15) is 8.78 Å². The minimum atomic E-state index is -1.14. The summed E-state index contributed by atoms with van der Waals surface area (Å²) in [5.41, 5.74) is 1.42. The number of methoxy groups -OCH3 is 1. The van der Waals surface area contributed by atoms with Gasteiger partial charge in [-0.3, -0.25) is 9.38 Å². The average molecular weight is 307 g/mol. The Balaban J connectivity index is 2.02. The van der Waals surface area contributed by atoms with Gasteiger partial charge in [0.2, 0.25) is 6.86 Å². The molecule has 0 radical (unpaired) electrons. The van der Waals surface area contributed by atoms with Crippen LogP contribution in [0.1, 0.15) is 5.82 Å². The number of halogens is 2. The van der Waals surface area contributed by atoms with Crippen LogP contribution in [0.25, 0.3) is 16.9 Å². The van der Waals surface area contributed by atoms with Crippen LogP contribution in [-0.2, 0) is 11.3 Å². The average Bonchev–Trinajstić information content (AvgIpc) is 2.92. The number of aromatic nitrogens is 5. The molecule has 0 unspecified atom stereocenters. The number of ether oxygens (including phenoxy) is 2. The summed E-state index contributed by atoms with van der Waals surface area (Å²) in [4.78, 5) is 7.91. The predicted octanol–water partition coefficient (Wildman–Crippen LogP) is 1.78. The summed E-state index contributed by atoms with van der Waals surface area (Å²) in [5, 5.41) is 7.92. The molecule has 0 atom stereocenters. The standard InChI is InChI=1S/C13H11F2N5O2/c1-21-6-12-19-18-11-4-16-10(5-20(11)12)8-2-9(15)13(17-3-8)22-7-14/h2-5H,6-7H2,1H3. The fraction of sp³-hybridized carbons (Fsp3) is 0.231. The van der Waals surface area contributed by atoms with Crippen molar-refractivity contribution in [1.82, 2.24) is 24.6 Å². The van der Waals surface area contributed by atoms with Crippen molar-refractivity contribution in [2.24, 2.45) is 0 Å². The Bertz CT molecular complexity index is 808. The largest absolute Gasteiger partial charge is 0.444 e. The van der Waals surface area contributed by atoms with Crippen LogP contribution in [-0.4, -0.2) is 38.5 Å². The van der Waals surface area contributed by atoms with Gasteiger partial charge in [-0.25, -0.2) is 13.8 Å². The van der Waals surface area contributed by atoms with Gasteiger partial charge in [-0.15, -0.1) is 10.2 Å². The number of nitrogens with zero attached hydrogens (tertiary/aromatic N) is 5. The Hall–Kier alpha value is -2.68. The highest BCUT2D eigenvalue weighted by atomic mass is 19.1. The van der Waals surface area contributed by atoms with Gasteiger partial charge >= 0.3 is 0 Å². The highest BCUT2D eigenvalue weighted by molar-refractivity contribution is 5.59. The summed E-state index contributed by atoms with van der Waals surface area (Å²) in [5.74, 6) is -0.568. The molecule has 9 heteroatoms. The molecule has 7 nitrogen and oxygen atoms in total. The van der Waals surface area contributed by atoms with Crippen molar-refractivity contribution in [3.05, 3.63) is 36.3 Å². The smallest absolute Gasteiger partial charge is 0.252 e. The fourth-order valence-corrected chi connectivity index (χ4v) is 1.95. The molecule has 3 heterocycles. The maximum absolute atomic E-state index is 13.7. The first-order chi connectivity index (χ1) is 10.7. The number of hydrogen-bond acceptors (Lipinski definition) is 6. The first kappa shape index (κ1) is 14.3. The van der Waals surface area contributed by atoms with Crippen molar-refractivity contribution in [1.29, 1.82) is 0 Å². The molecule has 0 aliphatic rings. The van der Waals surface area contributed by atoms with E-state index in [1.54, 1.807) is 17.7 Å². The zero-order chi connectivity index (χ0) is 15.5. The highest BCUT2D eigenvalue weighted by Gasteiger charge is 2.11. The van der Waals surface area contributed by atoms with E-state index in [0.29, 0.717) is 22.7 Å². The van der Waals surface area contributed by atoms with Gasteiger partial charge in [0.25, 0.3) is 5.88 Å². The molecule has 0 bridgehead atoms. The molecule has 0 saturated carbocycles. The van der Waals surface area contributed by atoms with Gasteiger partial charge in [-0.05, 0) is 6.07 Å². The summed E-state index contributed by atoms with van der Waals surface area (Å²) in [6, 6.07) is 1.17. The van der Waals surface area contributed by atoms with Crippen molar-refractivity contribution >= 4 is 5.65 Å². The highest BCUT2D eigenvalue weighted by Crippen LogP contribution is 2.22. The summed E-state index contributed by atoms with van der Waals surface area (Å²) >= 11 is 0. The Morgan fingerprint density at radius 2 is 2.09 bits per heavy atom. The van der Waals surface area contributed by atoms with Crippen LogP contribution >= 0.6 is 0 Å². The number of pyridine rings is 1. The van der Waals surface area contributed by atoms with Crippen molar-refractivity contribution in [3.63, 3.8) is 0 Å². The summed E-state index contributed by atoms with van der Waals surface area (Å²) < 4.78 is 37.0. The van der Waals surface area contributed by atoms with E-state index in [2.05, 4.69) is 24.9 Å². The minimum Gasteiger partial charge on any atom is -0.444 e. The van der Waals surface area contributed by atoms with E-state index in [1.807, 2.05) is 0 Å². The molecular formula is C13H11F2N5O2. The lowest BCUT2D eigenvalue weighted by Gasteiger charge is -2.05.